The molecule has 13 heavy (non-hydrogen) atoms. The van der Waals surface area contributed by atoms with Crippen molar-refractivity contribution in [2.75, 3.05) is 32.8 Å². The smallest absolute Gasteiger partial charge is 0.0518 e. The first-order valence-corrected chi connectivity index (χ1v) is 5.30. The van der Waals surface area contributed by atoms with Crippen LogP contribution < -0.4 is 10.6 Å². The zero-order chi connectivity index (χ0) is 9.94. The second kappa shape index (κ2) is 9.96. The molecule has 2 N–H and O–H groups in total. The molecule has 0 aliphatic heterocycles. The van der Waals surface area contributed by atoms with E-state index in [1.165, 1.54) is 0 Å². The summed E-state index contributed by atoms with van der Waals surface area (Å²) in [5.41, 5.74) is 0. The third-order valence-corrected chi connectivity index (χ3v) is 1.68. The first-order chi connectivity index (χ1) is 6.27. The van der Waals surface area contributed by atoms with Crippen molar-refractivity contribution < 1.29 is 4.74 Å². The highest BCUT2D eigenvalue weighted by Crippen LogP contribution is 1.88. The molecule has 0 unspecified atom stereocenters. The molecule has 0 amide bonds. The summed E-state index contributed by atoms with van der Waals surface area (Å²) in [5.74, 6) is 0. The van der Waals surface area contributed by atoms with Gasteiger partial charge in [0, 0.05) is 19.7 Å². The van der Waals surface area contributed by atoms with E-state index in [0.717, 1.165) is 39.2 Å². The van der Waals surface area contributed by atoms with Gasteiger partial charge in [0.15, 0.2) is 0 Å². The Kier molecular flexibility index (Phi) is 9.87. The van der Waals surface area contributed by atoms with Gasteiger partial charge < -0.3 is 15.4 Å². The maximum absolute atomic E-state index is 5.41. The summed E-state index contributed by atoms with van der Waals surface area (Å²) < 4.78 is 5.41. The van der Waals surface area contributed by atoms with Crippen molar-refractivity contribution in [2.45, 2.75) is 33.3 Å². The van der Waals surface area contributed by atoms with E-state index in [-0.39, 0.29) is 0 Å². The lowest BCUT2D eigenvalue weighted by Gasteiger charge is -2.08. The van der Waals surface area contributed by atoms with Crippen molar-refractivity contribution in [1.29, 1.82) is 0 Å². The zero-order valence-electron chi connectivity index (χ0n) is 9.23. The molecule has 0 bridgehead atoms. The van der Waals surface area contributed by atoms with Crippen molar-refractivity contribution in [3.63, 3.8) is 0 Å². The molecule has 0 fully saturated rings. The molecular formula is C10H24N2O. The van der Waals surface area contributed by atoms with Crippen LogP contribution in [0.25, 0.3) is 0 Å². The zero-order valence-corrected chi connectivity index (χ0v) is 9.23. The van der Waals surface area contributed by atoms with Crippen LogP contribution in [0.4, 0.5) is 0 Å². The average Bonchev–Trinajstić information content (AvgIpc) is 2.09. The third kappa shape index (κ3) is 11.9. The number of likely N-dealkylation sites (N-methyl/N-ethyl adjacent to an activating group) is 1. The lowest BCUT2D eigenvalue weighted by Crippen LogP contribution is -2.28. The van der Waals surface area contributed by atoms with Gasteiger partial charge in [-0.05, 0) is 33.4 Å². The SMILES string of the molecule is CCNCCNCCCOC(C)C. The van der Waals surface area contributed by atoms with E-state index in [2.05, 4.69) is 31.4 Å². The molecular weight excluding hydrogens is 164 g/mol. The maximum Gasteiger partial charge on any atom is 0.0518 e. The van der Waals surface area contributed by atoms with E-state index in [1.807, 2.05) is 0 Å². The maximum atomic E-state index is 5.41. The molecule has 3 heteroatoms. The van der Waals surface area contributed by atoms with Crippen LogP contribution in [0.15, 0.2) is 0 Å². The molecule has 0 aliphatic rings. The molecule has 0 atom stereocenters. The van der Waals surface area contributed by atoms with Crippen LogP contribution in [0.2, 0.25) is 0 Å². The molecule has 3 nitrogen and oxygen atoms in total. The summed E-state index contributed by atoms with van der Waals surface area (Å²) in [6.45, 7) is 11.3. The topological polar surface area (TPSA) is 33.3 Å². The Labute approximate surface area is 82.2 Å². The van der Waals surface area contributed by atoms with E-state index >= 15 is 0 Å². The van der Waals surface area contributed by atoms with Crippen LogP contribution >= 0.6 is 0 Å². The molecule has 0 spiro atoms. The minimum Gasteiger partial charge on any atom is -0.379 e. The Bertz CT molecular complexity index is 96.9. The van der Waals surface area contributed by atoms with Gasteiger partial charge in [-0.1, -0.05) is 6.92 Å². The lowest BCUT2D eigenvalue weighted by molar-refractivity contribution is 0.0771. The minimum atomic E-state index is 0.363. The van der Waals surface area contributed by atoms with Gasteiger partial charge in [0.05, 0.1) is 6.10 Å². The number of hydrogen-bond acceptors (Lipinski definition) is 3. The number of rotatable bonds is 9. The first-order valence-electron chi connectivity index (χ1n) is 5.30. The summed E-state index contributed by atoms with van der Waals surface area (Å²) >= 11 is 0. The van der Waals surface area contributed by atoms with Gasteiger partial charge in [0.1, 0.15) is 0 Å². The predicted molar refractivity (Wildman–Crippen MR) is 57.1 cm³/mol. The molecule has 80 valence electrons. The second-order valence-electron chi connectivity index (χ2n) is 3.38. The van der Waals surface area contributed by atoms with Crippen molar-refractivity contribution in [3.8, 4) is 0 Å². The lowest BCUT2D eigenvalue weighted by atomic mass is 10.4. The van der Waals surface area contributed by atoms with Crippen LogP contribution in [-0.2, 0) is 4.74 Å². The van der Waals surface area contributed by atoms with Gasteiger partial charge in [-0.15, -0.1) is 0 Å². The molecule has 0 heterocycles. The van der Waals surface area contributed by atoms with Crippen LogP contribution in [0.1, 0.15) is 27.2 Å². The minimum absolute atomic E-state index is 0.363. The largest absolute Gasteiger partial charge is 0.379 e. The van der Waals surface area contributed by atoms with Crippen LogP contribution in [0.5, 0.6) is 0 Å². The predicted octanol–water partition coefficient (Wildman–Crippen LogP) is 1.00. The summed E-state index contributed by atoms with van der Waals surface area (Å²) in [6, 6.07) is 0. The molecule has 0 aromatic heterocycles. The quantitative estimate of drug-likeness (QED) is 0.530. The highest BCUT2D eigenvalue weighted by Gasteiger charge is 1.92. The normalized spacial score (nSPS) is 11.1. The van der Waals surface area contributed by atoms with E-state index < -0.39 is 0 Å². The molecule has 0 saturated heterocycles. The van der Waals surface area contributed by atoms with Crippen molar-refractivity contribution >= 4 is 0 Å². The molecule has 0 saturated carbocycles. The number of nitrogens with one attached hydrogen (secondary N) is 2. The molecule has 0 rings (SSSR count). The molecule has 0 aliphatic carbocycles. The summed E-state index contributed by atoms with van der Waals surface area (Å²) in [7, 11) is 0. The van der Waals surface area contributed by atoms with Crippen molar-refractivity contribution in [2.24, 2.45) is 0 Å². The van der Waals surface area contributed by atoms with E-state index in [1.54, 1.807) is 0 Å². The van der Waals surface area contributed by atoms with E-state index in [9.17, 15) is 0 Å². The van der Waals surface area contributed by atoms with E-state index in [4.69, 9.17) is 4.74 Å². The van der Waals surface area contributed by atoms with E-state index in [0.29, 0.717) is 6.10 Å². The summed E-state index contributed by atoms with van der Waals surface area (Å²) in [6.07, 6.45) is 1.46. The van der Waals surface area contributed by atoms with Gasteiger partial charge in [0.25, 0.3) is 0 Å². The van der Waals surface area contributed by atoms with Gasteiger partial charge in [-0.3, -0.25) is 0 Å². The molecule has 0 radical (unpaired) electrons. The first kappa shape index (κ1) is 12.9. The number of ether oxygens (including phenoxy) is 1. The average molecular weight is 188 g/mol. The summed E-state index contributed by atoms with van der Waals surface area (Å²) in [5, 5.41) is 6.62. The van der Waals surface area contributed by atoms with Gasteiger partial charge >= 0.3 is 0 Å². The van der Waals surface area contributed by atoms with Crippen LogP contribution in [0, 0.1) is 0 Å². The molecule has 0 aromatic carbocycles. The Morgan fingerprint density at radius 1 is 1.08 bits per heavy atom. The fourth-order valence-electron chi connectivity index (χ4n) is 0.995. The summed E-state index contributed by atoms with van der Waals surface area (Å²) in [4.78, 5) is 0. The highest BCUT2D eigenvalue weighted by molar-refractivity contribution is 4.50. The van der Waals surface area contributed by atoms with Crippen molar-refractivity contribution in [1.82, 2.24) is 10.6 Å². The second-order valence-corrected chi connectivity index (χ2v) is 3.38. The van der Waals surface area contributed by atoms with Gasteiger partial charge in [-0.25, -0.2) is 0 Å². The Morgan fingerprint density at radius 2 is 1.77 bits per heavy atom. The third-order valence-electron chi connectivity index (χ3n) is 1.68. The number of hydrogen-bond donors (Lipinski definition) is 2. The van der Waals surface area contributed by atoms with Gasteiger partial charge in [0.2, 0.25) is 0 Å². The molecule has 0 aromatic rings. The Hall–Kier alpha value is -0.120. The van der Waals surface area contributed by atoms with Crippen LogP contribution in [-0.4, -0.2) is 38.9 Å². The monoisotopic (exact) mass is 188 g/mol. The standard InChI is InChI=1S/C10H24N2O/c1-4-11-7-8-12-6-5-9-13-10(2)3/h10-12H,4-9H2,1-3H3. The van der Waals surface area contributed by atoms with Crippen LogP contribution in [0.3, 0.4) is 0 Å². The van der Waals surface area contributed by atoms with Crippen molar-refractivity contribution in [3.05, 3.63) is 0 Å². The highest BCUT2D eigenvalue weighted by atomic mass is 16.5. The Morgan fingerprint density at radius 3 is 2.38 bits per heavy atom. The Balaban J connectivity index is 2.84. The fraction of sp³-hybridized carbons (Fsp3) is 1.00. The fourth-order valence-corrected chi connectivity index (χ4v) is 0.995. The van der Waals surface area contributed by atoms with Gasteiger partial charge in [-0.2, -0.15) is 0 Å².